The Labute approximate surface area is 492 Å². The first-order valence-electron chi connectivity index (χ1n) is 38.6. The van der Waals surface area contributed by atoms with Crippen molar-refractivity contribution in [3.8, 4) is 0 Å². The highest BCUT2D eigenvalue weighted by atomic mass is 15.0. The average molecular weight is 1100 g/mol. The fourth-order valence-corrected chi connectivity index (χ4v) is 29.0. The molecule has 24 unspecified atom stereocenters. The van der Waals surface area contributed by atoms with Crippen molar-refractivity contribution < 1.29 is 0 Å². The summed E-state index contributed by atoms with van der Waals surface area (Å²) >= 11 is 0. The molecule has 12 aliphatic carbocycles. The standard InChI is InChI=1S/C76H126N4/c1-13-29-69-47(17-1)33-57(43-77-69)51-37-52(58-34-48-18-2-14-30-70(48)78-44-58)40-55(39-51)73-61-21-5-9-25-65(61)75(66-26-10-6-22-62(66)73)76-67-27-11-7-23-63(67)74(64-24-8-12-28-68(64)76)56-41-53(59-35-49-19-3-15-31-71(49)79-45-59)38-54(42-56)60-36-50-20-4-16-32-72(50)80-46-60/h47-80H,1-46H2. The van der Waals surface area contributed by atoms with Crippen LogP contribution in [0.3, 0.4) is 0 Å². The number of hydrogen-bond acceptors (Lipinski definition) is 4. The first kappa shape index (κ1) is 55.2. The summed E-state index contributed by atoms with van der Waals surface area (Å²) in [5, 5.41) is 17.3. The normalized spacial score (nSPS) is 55.5. The molecule has 450 valence electrons. The zero-order valence-corrected chi connectivity index (χ0v) is 51.8. The van der Waals surface area contributed by atoms with Crippen molar-refractivity contribution in [2.75, 3.05) is 26.2 Å². The number of piperidine rings is 4. The minimum absolute atomic E-state index is 0.855. The lowest BCUT2D eigenvalue weighted by molar-refractivity contribution is -0.178. The van der Waals surface area contributed by atoms with Crippen molar-refractivity contribution in [3.63, 3.8) is 0 Å². The third kappa shape index (κ3) is 10.6. The van der Waals surface area contributed by atoms with Crippen molar-refractivity contribution in [1.29, 1.82) is 0 Å². The Hall–Kier alpha value is -0.160. The van der Waals surface area contributed by atoms with Crippen LogP contribution < -0.4 is 21.3 Å². The second-order valence-electron chi connectivity index (χ2n) is 35.0. The van der Waals surface area contributed by atoms with Gasteiger partial charge in [0.2, 0.25) is 0 Å². The molecular weight excluding hydrogens is 969 g/mol. The number of hydrogen-bond donors (Lipinski definition) is 4. The van der Waals surface area contributed by atoms with E-state index in [0.29, 0.717) is 0 Å². The van der Waals surface area contributed by atoms with Gasteiger partial charge in [-0.15, -0.1) is 0 Å². The minimum atomic E-state index is 0.855. The molecule has 16 fully saturated rings. The maximum atomic E-state index is 4.33. The molecule has 80 heavy (non-hydrogen) atoms. The molecule has 16 rings (SSSR count). The van der Waals surface area contributed by atoms with Gasteiger partial charge in [-0.2, -0.15) is 0 Å². The zero-order chi connectivity index (χ0) is 52.7. The van der Waals surface area contributed by atoms with Crippen molar-refractivity contribution >= 4 is 0 Å². The third-order valence-corrected chi connectivity index (χ3v) is 31.9. The minimum Gasteiger partial charge on any atom is -0.313 e. The highest BCUT2D eigenvalue weighted by molar-refractivity contribution is 5.12. The van der Waals surface area contributed by atoms with E-state index in [4.69, 9.17) is 0 Å². The lowest BCUT2D eigenvalue weighted by atomic mass is 9.39. The van der Waals surface area contributed by atoms with Crippen LogP contribution in [0.25, 0.3) is 0 Å². The summed E-state index contributed by atoms with van der Waals surface area (Å²) in [6.07, 6.45) is 66.0. The van der Waals surface area contributed by atoms with Gasteiger partial charge in [0.25, 0.3) is 0 Å². The van der Waals surface area contributed by atoms with Gasteiger partial charge < -0.3 is 21.3 Å². The maximum absolute atomic E-state index is 4.33. The molecule has 0 bridgehead atoms. The summed E-state index contributed by atoms with van der Waals surface area (Å²) in [7, 11) is 0. The van der Waals surface area contributed by atoms with E-state index in [9.17, 15) is 0 Å². The topological polar surface area (TPSA) is 48.1 Å². The van der Waals surface area contributed by atoms with E-state index in [2.05, 4.69) is 21.3 Å². The number of rotatable bonds is 7. The van der Waals surface area contributed by atoms with Gasteiger partial charge in [-0.1, -0.05) is 103 Å². The van der Waals surface area contributed by atoms with Gasteiger partial charge in [-0.25, -0.2) is 0 Å². The van der Waals surface area contributed by atoms with Gasteiger partial charge in [0.05, 0.1) is 0 Å². The van der Waals surface area contributed by atoms with Crippen molar-refractivity contribution in [1.82, 2.24) is 21.3 Å². The number of nitrogens with one attached hydrogen (secondary N) is 4. The van der Waals surface area contributed by atoms with Crippen LogP contribution in [0, 0.1) is 154 Å². The molecule has 4 nitrogen and oxygen atoms in total. The van der Waals surface area contributed by atoms with E-state index in [1.807, 2.05) is 0 Å². The summed E-state index contributed by atoms with van der Waals surface area (Å²) in [6, 6.07) is 3.42. The van der Waals surface area contributed by atoms with Gasteiger partial charge in [-0.3, -0.25) is 0 Å². The maximum Gasteiger partial charge on any atom is 0.00955 e. The van der Waals surface area contributed by atoms with E-state index in [1.165, 1.54) is 129 Å². The molecule has 4 heteroatoms. The molecule has 16 aliphatic rings. The first-order valence-corrected chi connectivity index (χ1v) is 38.6. The van der Waals surface area contributed by atoms with Crippen LogP contribution in [-0.4, -0.2) is 50.3 Å². The van der Waals surface area contributed by atoms with Gasteiger partial charge in [0.15, 0.2) is 0 Å². The predicted molar refractivity (Wildman–Crippen MR) is 332 cm³/mol. The second-order valence-corrected chi connectivity index (χ2v) is 35.0. The highest BCUT2D eigenvalue weighted by Crippen LogP contribution is 2.69. The smallest absolute Gasteiger partial charge is 0.00955 e. The lowest BCUT2D eigenvalue weighted by Gasteiger charge is -2.66. The van der Waals surface area contributed by atoms with Crippen LogP contribution in [0.2, 0.25) is 0 Å². The van der Waals surface area contributed by atoms with Gasteiger partial charge >= 0.3 is 0 Å². The third-order valence-electron chi connectivity index (χ3n) is 31.9. The van der Waals surface area contributed by atoms with E-state index in [0.717, 1.165) is 178 Å². The molecule has 4 saturated heterocycles. The Morgan fingerprint density at radius 2 is 0.338 bits per heavy atom. The Balaban J connectivity index is 0.707. The predicted octanol–water partition coefficient (Wildman–Crippen LogP) is 17.4. The first-order chi connectivity index (χ1) is 39.6. The van der Waals surface area contributed by atoms with Crippen LogP contribution >= 0.6 is 0 Å². The molecule has 24 atom stereocenters. The van der Waals surface area contributed by atoms with Crippen LogP contribution in [0.1, 0.15) is 270 Å². The van der Waals surface area contributed by atoms with Crippen LogP contribution in [0.5, 0.6) is 0 Å². The van der Waals surface area contributed by atoms with E-state index in [1.54, 1.807) is 167 Å². The Bertz CT molecular complexity index is 1750. The van der Waals surface area contributed by atoms with E-state index in [-0.39, 0.29) is 0 Å². The average Bonchev–Trinajstić information content (AvgIpc) is 3.59. The van der Waals surface area contributed by atoms with Crippen LogP contribution in [0.15, 0.2) is 0 Å². The summed E-state index contributed by atoms with van der Waals surface area (Å²) in [5.41, 5.74) is 0. The highest BCUT2D eigenvalue weighted by Gasteiger charge is 2.63. The fourth-order valence-electron chi connectivity index (χ4n) is 29.0. The Morgan fingerprint density at radius 1 is 0.150 bits per heavy atom. The van der Waals surface area contributed by atoms with E-state index >= 15 is 0 Å². The lowest BCUT2D eigenvalue weighted by Crippen LogP contribution is -2.60. The molecule has 0 amide bonds. The van der Waals surface area contributed by atoms with E-state index < -0.39 is 0 Å². The SMILES string of the molecule is C1CCC2NCC(C3CC(C4CNC5CCCCC5C4)CC(C4C5CCCCC5C(C5C6CCCCC6C(C6CC(C7CNC8CCCCC8C7)CC(C7CNC8CCCCC8C7)C6)C6CCCCC65)C5CCCCC54)C3)CC2C1. The monoisotopic (exact) mass is 1090 g/mol. The fraction of sp³-hybridized carbons (Fsp3) is 1.00. The largest absolute Gasteiger partial charge is 0.313 e. The summed E-state index contributed by atoms with van der Waals surface area (Å²) in [5.74, 6) is 26.7. The molecular formula is C76H126N4. The van der Waals surface area contributed by atoms with Crippen LogP contribution in [-0.2, 0) is 0 Å². The van der Waals surface area contributed by atoms with Crippen molar-refractivity contribution in [3.05, 3.63) is 0 Å². The van der Waals surface area contributed by atoms with Gasteiger partial charge in [-0.05, 0) is 347 Å². The molecule has 0 aromatic carbocycles. The number of fused-ring (bicyclic) bond motifs is 8. The Morgan fingerprint density at radius 3 is 0.588 bits per heavy atom. The Kier molecular flexibility index (Phi) is 16.8. The quantitative estimate of drug-likeness (QED) is 0.205. The molecule has 4 aliphatic heterocycles. The van der Waals surface area contributed by atoms with Crippen molar-refractivity contribution in [2.24, 2.45) is 154 Å². The molecule has 12 saturated carbocycles. The summed E-state index contributed by atoms with van der Waals surface area (Å²) in [4.78, 5) is 0. The molecule has 0 spiro atoms. The second kappa shape index (κ2) is 24.4. The molecule has 0 aromatic heterocycles. The molecule has 0 aromatic rings. The summed E-state index contributed by atoms with van der Waals surface area (Å²) in [6.45, 7) is 5.49. The van der Waals surface area contributed by atoms with Crippen LogP contribution in [0.4, 0.5) is 0 Å². The van der Waals surface area contributed by atoms with Gasteiger partial charge in [0.1, 0.15) is 0 Å². The molecule has 4 heterocycles. The molecule has 0 radical (unpaired) electrons. The molecule has 4 N–H and O–H groups in total. The van der Waals surface area contributed by atoms with Gasteiger partial charge in [0, 0.05) is 24.2 Å². The zero-order valence-electron chi connectivity index (χ0n) is 51.8. The summed E-state index contributed by atoms with van der Waals surface area (Å²) < 4.78 is 0. The van der Waals surface area contributed by atoms with Crippen molar-refractivity contribution in [2.45, 2.75) is 294 Å².